The second-order valence-electron chi connectivity index (χ2n) is 3.90. The van der Waals surface area contributed by atoms with Crippen LogP contribution in [0.25, 0.3) is 0 Å². The number of hydrogen-bond acceptors (Lipinski definition) is 3. The maximum absolute atomic E-state index is 11.2. The van der Waals surface area contributed by atoms with Crippen LogP contribution in [0.2, 0.25) is 0 Å². The molecule has 1 aliphatic heterocycles. The van der Waals surface area contributed by atoms with Crippen molar-refractivity contribution in [3.63, 3.8) is 0 Å². The highest BCUT2D eigenvalue weighted by atomic mass is 16.5. The largest absolute Gasteiger partial charge is 0.469 e. The molecule has 0 aliphatic carbocycles. The Morgan fingerprint density at radius 3 is 3.13 bits per heavy atom. The predicted molar refractivity (Wildman–Crippen MR) is 59.0 cm³/mol. The van der Waals surface area contributed by atoms with Crippen LogP contribution in [-0.4, -0.2) is 19.6 Å². The van der Waals surface area contributed by atoms with E-state index in [1.165, 1.54) is 23.9 Å². The minimum Gasteiger partial charge on any atom is -0.469 e. The zero-order chi connectivity index (χ0) is 10.8. The van der Waals surface area contributed by atoms with E-state index in [2.05, 4.69) is 24.4 Å². The molecule has 0 saturated carbocycles. The van der Waals surface area contributed by atoms with Crippen LogP contribution < -0.4 is 5.32 Å². The number of nitrogens with one attached hydrogen (secondary N) is 1. The fraction of sp³-hybridized carbons (Fsp3) is 0.417. The van der Waals surface area contributed by atoms with Crippen molar-refractivity contribution in [3.05, 3.63) is 29.3 Å². The highest BCUT2D eigenvalue weighted by molar-refractivity contribution is 5.73. The van der Waals surface area contributed by atoms with Crippen LogP contribution in [-0.2, 0) is 9.53 Å². The summed E-state index contributed by atoms with van der Waals surface area (Å²) >= 11 is 0. The quantitative estimate of drug-likeness (QED) is 0.751. The molecule has 1 N–H and O–H groups in total. The van der Waals surface area contributed by atoms with Crippen LogP contribution in [0.4, 0.5) is 5.69 Å². The molecule has 1 atom stereocenters. The van der Waals surface area contributed by atoms with E-state index in [0.717, 1.165) is 6.54 Å². The van der Waals surface area contributed by atoms with Gasteiger partial charge in [0.25, 0.3) is 0 Å². The first-order valence-corrected chi connectivity index (χ1v) is 5.12. The summed E-state index contributed by atoms with van der Waals surface area (Å²) in [4.78, 5) is 11.2. The number of anilines is 1. The highest BCUT2D eigenvalue weighted by Crippen LogP contribution is 2.35. The molecule has 1 unspecified atom stereocenters. The fourth-order valence-corrected chi connectivity index (χ4v) is 2.07. The molecule has 80 valence electrons. The molecule has 0 radical (unpaired) electrons. The fourth-order valence-electron chi connectivity index (χ4n) is 2.07. The minimum atomic E-state index is -0.142. The first kappa shape index (κ1) is 10.0. The molecule has 0 aromatic heterocycles. The van der Waals surface area contributed by atoms with Crippen molar-refractivity contribution in [2.45, 2.75) is 19.3 Å². The topological polar surface area (TPSA) is 38.3 Å². The van der Waals surface area contributed by atoms with E-state index in [0.29, 0.717) is 6.42 Å². The zero-order valence-corrected chi connectivity index (χ0v) is 9.04. The maximum atomic E-state index is 11.2. The van der Waals surface area contributed by atoms with Crippen molar-refractivity contribution in [1.82, 2.24) is 0 Å². The predicted octanol–water partition coefficient (Wildman–Crippen LogP) is 2.07. The van der Waals surface area contributed by atoms with Crippen molar-refractivity contribution >= 4 is 11.7 Å². The Labute approximate surface area is 89.4 Å². The average Bonchev–Trinajstić information content (AvgIpc) is 2.63. The second-order valence-corrected chi connectivity index (χ2v) is 3.90. The third kappa shape index (κ3) is 1.82. The molecule has 2 rings (SSSR count). The first-order chi connectivity index (χ1) is 7.22. The van der Waals surface area contributed by atoms with Gasteiger partial charge in [-0.25, -0.2) is 0 Å². The Bertz CT molecular complexity index is 387. The van der Waals surface area contributed by atoms with E-state index in [9.17, 15) is 4.79 Å². The number of benzene rings is 1. The van der Waals surface area contributed by atoms with Gasteiger partial charge in [-0.05, 0) is 18.1 Å². The van der Waals surface area contributed by atoms with Crippen LogP contribution in [0.3, 0.4) is 0 Å². The average molecular weight is 205 g/mol. The molecule has 1 aromatic rings. The number of carbonyl (C=O) groups is 1. The Kier molecular flexibility index (Phi) is 2.62. The van der Waals surface area contributed by atoms with Gasteiger partial charge in [-0.15, -0.1) is 0 Å². The number of para-hydroxylation sites is 1. The summed E-state index contributed by atoms with van der Waals surface area (Å²) in [5.41, 5.74) is 3.66. The third-order valence-corrected chi connectivity index (χ3v) is 2.91. The molecule has 0 spiro atoms. The summed E-state index contributed by atoms with van der Waals surface area (Å²) in [5.74, 6) is 0.114. The third-order valence-electron chi connectivity index (χ3n) is 2.91. The number of hydrogen-bond donors (Lipinski definition) is 1. The number of ether oxygens (including phenoxy) is 1. The van der Waals surface area contributed by atoms with Crippen molar-refractivity contribution in [1.29, 1.82) is 0 Å². The lowest BCUT2D eigenvalue weighted by molar-refractivity contribution is -0.140. The molecule has 0 bridgehead atoms. The van der Waals surface area contributed by atoms with Gasteiger partial charge in [0, 0.05) is 18.2 Å². The van der Waals surface area contributed by atoms with Gasteiger partial charge in [0.2, 0.25) is 0 Å². The number of esters is 1. The second kappa shape index (κ2) is 3.93. The van der Waals surface area contributed by atoms with Crippen LogP contribution in [0.1, 0.15) is 23.5 Å². The smallest absolute Gasteiger partial charge is 0.306 e. The summed E-state index contributed by atoms with van der Waals surface area (Å²) in [5, 5.41) is 3.34. The van der Waals surface area contributed by atoms with Gasteiger partial charge in [-0.3, -0.25) is 4.79 Å². The Morgan fingerprint density at radius 1 is 1.60 bits per heavy atom. The molecule has 1 aliphatic rings. The van der Waals surface area contributed by atoms with E-state index < -0.39 is 0 Å². The monoisotopic (exact) mass is 205 g/mol. The lowest BCUT2D eigenvalue weighted by Crippen LogP contribution is -2.10. The first-order valence-electron chi connectivity index (χ1n) is 5.12. The molecule has 1 heterocycles. The van der Waals surface area contributed by atoms with Gasteiger partial charge in [0.15, 0.2) is 0 Å². The highest BCUT2D eigenvalue weighted by Gasteiger charge is 2.25. The summed E-state index contributed by atoms with van der Waals surface area (Å²) in [6, 6.07) is 6.19. The molecule has 15 heavy (non-hydrogen) atoms. The van der Waals surface area contributed by atoms with Gasteiger partial charge in [0.1, 0.15) is 0 Å². The normalized spacial score (nSPS) is 18.1. The van der Waals surface area contributed by atoms with Gasteiger partial charge in [0.05, 0.1) is 13.5 Å². The van der Waals surface area contributed by atoms with Crippen LogP contribution >= 0.6 is 0 Å². The zero-order valence-electron chi connectivity index (χ0n) is 9.04. The molecule has 3 heteroatoms. The van der Waals surface area contributed by atoms with Crippen molar-refractivity contribution in [2.75, 3.05) is 19.0 Å². The van der Waals surface area contributed by atoms with E-state index in [4.69, 9.17) is 4.74 Å². The van der Waals surface area contributed by atoms with Crippen molar-refractivity contribution in [2.24, 2.45) is 0 Å². The van der Waals surface area contributed by atoms with Crippen LogP contribution in [0.5, 0.6) is 0 Å². The van der Waals surface area contributed by atoms with Crippen LogP contribution in [0.15, 0.2) is 18.2 Å². The van der Waals surface area contributed by atoms with Gasteiger partial charge in [-0.2, -0.15) is 0 Å². The summed E-state index contributed by atoms with van der Waals surface area (Å²) < 4.78 is 4.69. The molecular formula is C12H15NO2. The van der Waals surface area contributed by atoms with Crippen molar-refractivity contribution in [3.8, 4) is 0 Å². The Hall–Kier alpha value is -1.51. The van der Waals surface area contributed by atoms with E-state index in [1.807, 2.05) is 6.07 Å². The summed E-state index contributed by atoms with van der Waals surface area (Å²) in [7, 11) is 1.43. The molecule has 0 fully saturated rings. The molecule has 3 nitrogen and oxygen atoms in total. The van der Waals surface area contributed by atoms with Crippen molar-refractivity contribution < 1.29 is 9.53 Å². The Morgan fingerprint density at radius 2 is 2.40 bits per heavy atom. The summed E-state index contributed by atoms with van der Waals surface area (Å²) in [6.45, 7) is 2.90. The van der Waals surface area contributed by atoms with E-state index >= 15 is 0 Å². The standard InChI is InChI=1S/C12H15NO2/c1-8-4-3-5-10-9(6-11(14)15-2)7-13-12(8)10/h3-5,9,13H,6-7H2,1-2H3. The van der Waals surface area contributed by atoms with Gasteiger partial charge >= 0.3 is 5.97 Å². The lowest BCUT2D eigenvalue weighted by atomic mass is 9.96. The van der Waals surface area contributed by atoms with Crippen LogP contribution in [0, 0.1) is 6.92 Å². The maximum Gasteiger partial charge on any atom is 0.306 e. The molecular weight excluding hydrogens is 190 g/mol. The minimum absolute atomic E-state index is 0.142. The van der Waals surface area contributed by atoms with Gasteiger partial charge < -0.3 is 10.1 Å². The number of aryl methyl sites for hydroxylation is 1. The number of fused-ring (bicyclic) bond motifs is 1. The number of methoxy groups -OCH3 is 1. The lowest BCUT2D eigenvalue weighted by Gasteiger charge is -2.08. The Balaban J connectivity index is 2.21. The van der Waals surface area contributed by atoms with E-state index in [-0.39, 0.29) is 11.9 Å². The molecule has 0 saturated heterocycles. The van der Waals surface area contributed by atoms with E-state index in [1.54, 1.807) is 0 Å². The molecule has 1 aromatic carbocycles. The van der Waals surface area contributed by atoms with Gasteiger partial charge in [-0.1, -0.05) is 18.2 Å². The summed E-state index contributed by atoms with van der Waals surface area (Å²) in [6.07, 6.45) is 0.458. The molecule has 0 amide bonds. The number of carbonyl (C=O) groups excluding carboxylic acids is 1. The SMILES string of the molecule is COC(=O)CC1CNc2c(C)cccc21. The number of rotatable bonds is 2.